The first-order valence-corrected chi connectivity index (χ1v) is 27.7. The van der Waals surface area contributed by atoms with Gasteiger partial charge in [-0.05, 0) is 116 Å². The first-order valence-electron chi connectivity index (χ1n) is 27.7. The van der Waals surface area contributed by atoms with Crippen molar-refractivity contribution in [1.82, 2.24) is 4.98 Å². The predicted octanol–water partition coefficient (Wildman–Crippen LogP) is 13.7. The Balaban J connectivity index is 0.000000145. The topological polar surface area (TPSA) is 217 Å². The molecule has 0 saturated heterocycles. The highest BCUT2D eigenvalue weighted by atomic mass is 16.6. The third kappa shape index (κ3) is 13.6. The van der Waals surface area contributed by atoms with Crippen LogP contribution in [-0.4, -0.2) is 68.3 Å². The molecule has 1 aromatic heterocycles. The molecule has 0 radical (unpaired) electrons. The van der Waals surface area contributed by atoms with Gasteiger partial charge in [0.15, 0.2) is 23.0 Å². The maximum atomic E-state index is 12.8. The number of fused-ring (bicyclic) bond motifs is 8. The lowest BCUT2D eigenvalue weighted by Gasteiger charge is -2.36. The third-order valence-corrected chi connectivity index (χ3v) is 14.4. The number of aromatic carboxylic acids is 1. The largest absolute Gasteiger partial charge is 0.487 e. The van der Waals surface area contributed by atoms with Crippen LogP contribution in [0.5, 0.6) is 34.5 Å². The van der Waals surface area contributed by atoms with Crippen molar-refractivity contribution in [3.63, 3.8) is 0 Å². The molecular weight excluding hydrogens is 1080 g/mol. The molecule has 434 valence electrons. The van der Waals surface area contributed by atoms with Gasteiger partial charge in [-0.15, -0.1) is 0 Å². The van der Waals surface area contributed by atoms with Gasteiger partial charge in [0, 0.05) is 75.6 Å². The van der Waals surface area contributed by atoms with Gasteiger partial charge in [0.2, 0.25) is 11.6 Å². The zero-order valence-electron chi connectivity index (χ0n) is 48.4. The first-order chi connectivity index (χ1) is 40.5. The Kier molecular flexibility index (Phi) is 17.5. The zero-order chi connectivity index (χ0) is 60.8. The number of carboxylic acids is 1. The number of esters is 4. The van der Waals surface area contributed by atoms with Crippen molar-refractivity contribution in [2.45, 2.75) is 111 Å². The average Bonchev–Trinajstić information content (AvgIpc) is 3.36. The first kappa shape index (κ1) is 59.7. The zero-order valence-corrected chi connectivity index (χ0v) is 48.4. The standard InChI is InChI=1S/2C24H22O5.C15H14O3.C6H5NO2/c1-15(25)27-22-19-13-14-24(2,3)29-20(19)17-11-7-8-12-18(17)21(22)28-23(26)16-9-5-4-6-10-16;1-15(25)27-21-18-12-8-7-11-17(18)20-19(13-14-24(2,3)29-20)22(21)28-23(26)16-9-5-4-6-10-16;1-15(2)8-7-11-13(17)12(16)9-5-3-4-6-10(9)14(11)18-15;8-6(9)5-1-3-7-4-2-5/h2*4-12H,13-14H2,1-3H3;3-6H,7-8H2,1-2H3;1-4H,(H,8,9). The molecular formula is C69H63NO15. The fourth-order valence-electron chi connectivity index (χ4n) is 10.2. The minimum Gasteiger partial charge on any atom is -0.487 e. The minimum atomic E-state index is -0.919. The van der Waals surface area contributed by atoms with E-state index in [1.54, 1.807) is 60.7 Å². The van der Waals surface area contributed by atoms with E-state index in [0.29, 0.717) is 69.6 Å². The second-order valence-electron chi connectivity index (χ2n) is 22.4. The van der Waals surface area contributed by atoms with Gasteiger partial charge in [0.05, 0.1) is 16.7 Å². The molecule has 0 amide bonds. The number of Topliss-reactive ketones (excluding diaryl/α,β-unsaturated/α-hetero) is 2. The number of hydrogen-bond acceptors (Lipinski definition) is 15. The highest BCUT2D eigenvalue weighted by Gasteiger charge is 2.40. The van der Waals surface area contributed by atoms with Crippen molar-refractivity contribution in [1.29, 1.82) is 0 Å². The van der Waals surface area contributed by atoms with Crippen LogP contribution >= 0.6 is 0 Å². The number of nitrogens with zero attached hydrogens (tertiary/aromatic N) is 1. The normalized spacial score (nSPS) is 15.4. The third-order valence-electron chi connectivity index (χ3n) is 14.4. The Bertz CT molecular complexity index is 3960. The van der Waals surface area contributed by atoms with Gasteiger partial charge in [0.1, 0.15) is 34.1 Å². The number of ether oxygens (including phenoxy) is 7. The van der Waals surface area contributed by atoms with Gasteiger partial charge in [-0.1, -0.05) is 109 Å². The Morgan fingerprint density at radius 3 is 1.29 bits per heavy atom. The second kappa shape index (κ2) is 24.9. The van der Waals surface area contributed by atoms with Gasteiger partial charge in [-0.2, -0.15) is 0 Å². The highest BCUT2D eigenvalue weighted by Crippen LogP contribution is 2.52. The summed E-state index contributed by atoms with van der Waals surface area (Å²) in [4.78, 5) is 87.2. The minimum absolute atomic E-state index is 0.242. The number of hydrogen-bond donors (Lipinski definition) is 1. The van der Waals surface area contributed by atoms with Crippen molar-refractivity contribution < 1.29 is 71.8 Å². The molecule has 7 aromatic carbocycles. The van der Waals surface area contributed by atoms with Crippen molar-refractivity contribution in [3.05, 3.63) is 203 Å². The summed E-state index contributed by atoms with van der Waals surface area (Å²) in [6.45, 7) is 14.8. The Labute approximate surface area is 491 Å². The van der Waals surface area contributed by atoms with E-state index < -0.39 is 41.4 Å². The predicted molar refractivity (Wildman–Crippen MR) is 318 cm³/mol. The van der Waals surface area contributed by atoms with E-state index in [1.165, 1.54) is 38.4 Å². The number of ketones is 2. The number of rotatable bonds is 7. The summed E-state index contributed by atoms with van der Waals surface area (Å²) in [6.07, 6.45) is 7.04. The van der Waals surface area contributed by atoms with Gasteiger partial charge in [-0.3, -0.25) is 24.2 Å². The Hall–Kier alpha value is -9.96. The quantitative estimate of drug-likeness (QED) is 0.0891. The molecule has 0 saturated carbocycles. The molecule has 0 spiro atoms. The van der Waals surface area contributed by atoms with Crippen LogP contribution in [-0.2, 0) is 32.0 Å². The fourth-order valence-corrected chi connectivity index (χ4v) is 10.2. The summed E-state index contributed by atoms with van der Waals surface area (Å²) in [5.41, 5.74) is 3.36. The summed E-state index contributed by atoms with van der Waals surface area (Å²) in [5, 5.41) is 11.3. The van der Waals surface area contributed by atoms with Crippen LogP contribution in [0.1, 0.15) is 139 Å². The van der Waals surface area contributed by atoms with Gasteiger partial charge in [0.25, 0.3) is 0 Å². The summed E-state index contributed by atoms with van der Waals surface area (Å²) in [5.74, 6) is -0.779. The molecule has 0 unspecified atom stereocenters. The van der Waals surface area contributed by atoms with Crippen molar-refractivity contribution in [2.75, 3.05) is 0 Å². The van der Waals surface area contributed by atoms with Crippen LogP contribution in [0, 0.1) is 0 Å². The summed E-state index contributed by atoms with van der Waals surface area (Å²) >= 11 is 0. The smallest absolute Gasteiger partial charge is 0.343 e. The van der Waals surface area contributed by atoms with Crippen molar-refractivity contribution in [3.8, 4) is 34.5 Å². The number of allylic oxidation sites excluding steroid dienone is 1. The van der Waals surface area contributed by atoms with Crippen LogP contribution in [0.4, 0.5) is 0 Å². The second-order valence-corrected chi connectivity index (χ2v) is 22.4. The maximum Gasteiger partial charge on any atom is 0.343 e. The molecule has 0 fully saturated rings. The van der Waals surface area contributed by atoms with E-state index in [-0.39, 0.29) is 45.4 Å². The van der Waals surface area contributed by atoms with Crippen LogP contribution in [0.3, 0.4) is 0 Å². The highest BCUT2D eigenvalue weighted by molar-refractivity contribution is 6.52. The van der Waals surface area contributed by atoms with Crippen molar-refractivity contribution >= 4 is 68.7 Å². The van der Waals surface area contributed by atoms with E-state index in [9.17, 15) is 33.6 Å². The summed E-state index contributed by atoms with van der Waals surface area (Å²) in [6, 6.07) is 42.5. The van der Waals surface area contributed by atoms with Crippen LogP contribution < -0.4 is 28.4 Å². The van der Waals surface area contributed by atoms with E-state index in [0.717, 1.165) is 46.7 Å². The molecule has 8 aromatic rings. The lowest BCUT2D eigenvalue weighted by molar-refractivity contribution is -0.132. The summed E-state index contributed by atoms with van der Waals surface area (Å²) < 4.78 is 41.2. The molecule has 0 atom stereocenters. The van der Waals surface area contributed by atoms with Gasteiger partial charge < -0.3 is 38.3 Å². The lowest BCUT2D eigenvalue weighted by Crippen LogP contribution is -2.34. The molecule has 4 aliphatic rings. The van der Waals surface area contributed by atoms with Crippen LogP contribution in [0.2, 0.25) is 0 Å². The van der Waals surface area contributed by atoms with E-state index in [4.69, 9.17) is 38.3 Å². The molecule has 3 aliphatic heterocycles. The summed E-state index contributed by atoms with van der Waals surface area (Å²) in [7, 11) is 0. The number of carboxylic acid groups (broad SMARTS) is 1. The molecule has 4 heterocycles. The Morgan fingerprint density at radius 1 is 0.435 bits per heavy atom. The SMILES string of the molecule is CC(=O)Oc1c(OC(=O)c2ccccc2)c2c(c3ccccc13)OC(C)(C)CC2.CC(=O)Oc1c2c(c3ccccc3c1OC(=O)c1ccccc1)OC(C)(C)CC2.CC1(C)CCC2=C(O1)c1ccccc1C(=O)C2=O.O=C(O)c1ccncc1. The number of carbonyl (C=O) groups is 7. The molecule has 1 aliphatic carbocycles. The number of pyridine rings is 1. The van der Waals surface area contributed by atoms with E-state index in [2.05, 4.69) is 4.98 Å². The number of benzene rings is 7. The van der Waals surface area contributed by atoms with E-state index in [1.807, 2.05) is 114 Å². The molecule has 0 bridgehead atoms. The van der Waals surface area contributed by atoms with Crippen LogP contribution in [0.25, 0.3) is 27.3 Å². The average molecular weight is 1150 g/mol. The lowest BCUT2D eigenvalue weighted by atomic mass is 9.82. The molecule has 16 heteroatoms. The number of carbonyl (C=O) groups excluding carboxylic acids is 6. The molecule has 85 heavy (non-hydrogen) atoms. The van der Waals surface area contributed by atoms with Gasteiger partial charge >= 0.3 is 29.8 Å². The van der Waals surface area contributed by atoms with Crippen LogP contribution in [0.15, 0.2) is 164 Å². The Morgan fingerprint density at radius 2 is 0.824 bits per heavy atom. The fraction of sp³-hybridized carbons (Fsp3) is 0.246. The van der Waals surface area contributed by atoms with Crippen molar-refractivity contribution in [2.24, 2.45) is 0 Å². The molecule has 1 N–H and O–H groups in total. The molecule has 16 nitrogen and oxygen atoms in total. The van der Waals surface area contributed by atoms with E-state index >= 15 is 0 Å². The number of aromatic nitrogens is 1. The monoisotopic (exact) mass is 1150 g/mol. The van der Waals surface area contributed by atoms with Gasteiger partial charge in [-0.25, -0.2) is 14.4 Å². The maximum absolute atomic E-state index is 12.8. The molecule has 12 rings (SSSR count).